The van der Waals surface area contributed by atoms with Crippen LogP contribution < -0.4 is 10.7 Å². The molecule has 6 atom stereocenters. The van der Waals surface area contributed by atoms with Gasteiger partial charge in [0.2, 0.25) is 11.8 Å². The van der Waals surface area contributed by atoms with Crippen molar-refractivity contribution >= 4 is 40.5 Å². The fourth-order valence-electron chi connectivity index (χ4n) is 10.4. The fourth-order valence-corrected chi connectivity index (χ4v) is 10.4. The number of likely N-dealkylation sites (N-methyl/N-ethyl adjacent to an activating group) is 1. The molecule has 2 aromatic carbocycles. The van der Waals surface area contributed by atoms with Gasteiger partial charge in [-0.2, -0.15) is 0 Å². The van der Waals surface area contributed by atoms with Gasteiger partial charge in [-0.15, -0.1) is 0 Å². The minimum Gasteiger partial charge on any atom is -0.508 e. The summed E-state index contributed by atoms with van der Waals surface area (Å²) in [5.41, 5.74) is 8.69. The second-order valence-corrected chi connectivity index (χ2v) is 20.4. The molecule has 0 aliphatic carbocycles. The molecule has 0 spiro atoms. The number of cyclic esters (lactones) is 1. The summed E-state index contributed by atoms with van der Waals surface area (Å²) in [6.45, 7) is 15.7. The first-order chi connectivity index (χ1) is 32.3. The van der Waals surface area contributed by atoms with E-state index in [0.29, 0.717) is 56.5 Å². The molecule has 0 radical (unpaired) electrons. The van der Waals surface area contributed by atoms with Crippen molar-refractivity contribution in [1.29, 1.82) is 0 Å². The maximum atomic E-state index is 14.8. The van der Waals surface area contributed by atoms with E-state index in [1.807, 2.05) is 39.0 Å². The summed E-state index contributed by atoms with van der Waals surface area (Å²) in [5, 5.41) is 16.8. The van der Waals surface area contributed by atoms with Gasteiger partial charge in [-0.3, -0.25) is 34.0 Å². The van der Waals surface area contributed by atoms with Crippen molar-refractivity contribution < 1.29 is 43.3 Å². The first-order valence-electron chi connectivity index (χ1n) is 24.0. The van der Waals surface area contributed by atoms with Crippen molar-refractivity contribution in [3.63, 3.8) is 0 Å². The Morgan fingerprint density at radius 1 is 1.03 bits per heavy atom. The van der Waals surface area contributed by atoms with Crippen LogP contribution in [0.15, 0.2) is 54.7 Å². The van der Waals surface area contributed by atoms with Gasteiger partial charge < -0.3 is 39.0 Å². The molecule has 3 N–H and O–H groups in total. The maximum absolute atomic E-state index is 14.8. The van der Waals surface area contributed by atoms with E-state index in [1.165, 1.54) is 9.91 Å². The molecule has 8 rings (SSSR count). The zero-order valence-corrected chi connectivity index (χ0v) is 40.9. The van der Waals surface area contributed by atoms with Gasteiger partial charge in [-0.05, 0) is 111 Å². The number of epoxide rings is 1. The van der Waals surface area contributed by atoms with E-state index in [0.717, 1.165) is 39.0 Å². The molecule has 4 aromatic rings. The smallest absolute Gasteiger partial charge is 0.324 e. The highest BCUT2D eigenvalue weighted by Crippen LogP contribution is 2.42. The number of esters is 1. The van der Waals surface area contributed by atoms with Crippen LogP contribution in [0.1, 0.15) is 90.7 Å². The Labute approximate surface area is 398 Å². The Morgan fingerprint density at radius 3 is 2.50 bits per heavy atom. The fraction of sp³-hybridized carbons (Fsp3) is 0.538. The number of phenolic OH excluding ortho intramolecular Hbond substituents is 1. The quantitative estimate of drug-likeness (QED) is 0.133. The van der Waals surface area contributed by atoms with E-state index >= 15 is 0 Å². The van der Waals surface area contributed by atoms with Crippen LogP contribution in [0.3, 0.4) is 0 Å². The summed E-state index contributed by atoms with van der Waals surface area (Å²) in [4.78, 5) is 78.3. The number of ether oxygens (including phenoxy) is 3. The van der Waals surface area contributed by atoms with Crippen LogP contribution in [0.25, 0.3) is 33.3 Å². The molecule has 1 unspecified atom stereocenters. The Balaban J connectivity index is 1.17. The summed E-state index contributed by atoms with van der Waals surface area (Å²) in [5.74, 6) is -2.75. The maximum Gasteiger partial charge on any atom is 0.324 e. The molecule has 16 heteroatoms. The number of hydrazine groups is 1. The molecule has 4 aliphatic rings. The van der Waals surface area contributed by atoms with Gasteiger partial charge in [0, 0.05) is 74.8 Å². The van der Waals surface area contributed by atoms with E-state index in [9.17, 15) is 29.1 Å². The van der Waals surface area contributed by atoms with Gasteiger partial charge in [0.15, 0.2) is 5.60 Å². The predicted molar refractivity (Wildman–Crippen MR) is 256 cm³/mol. The number of aromatic hydroxyl groups is 1. The molecule has 6 bridgehead atoms. The predicted octanol–water partition coefficient (Wildman–Crippen LogP) is 5.57. The third-order valence-electron chi connectivity index (χ3n) is 14.2. The summed E-state index contributed by atoms with van der Waals surface area (Å²) in [6.07, 6.45) is 3.42. The van der Waals surface area contributed by atoms with E-state index in [2.05, 4.69) is 54.3 Å². The minimum atomic E-state index is -1.17. The second-order valence-electron chi connectivity index (χ2n) is 20.4. The van der Waals surface area contributed by atoms with Gasteiger partial charge in [-0.1, -0.05) is 39.8 Å². The monoisotopic (exact) mass is 934 g/mol. The molecule has 0 saturated carbocycles. The number of aryl methyl sites for hydroxylation is 1. The first-order valence-corrected chi connectivity index (χ1v) is 24.0. The number of amides is 4. The van der Waals surface area contributed by atoms with E-state index in [4.69, 9.17) is 19.2 Å². The number of pyridine rings is 1. The van der Waals surface area contributed by atoms with Gasteiger partial charge in [0.25, 0.3) is 11.8 Å². The molecule has 3 saturated heterocycles. The van der Waals surface area contributed by atoms with Crippen molar-refractivity contribution in [1.82, 2.24) is 35.1 Å². The van der Waals surface area contributed by atoms with Gasteiger partial charge in [0.1, 0.15) is 23.9 Å². The number of carbonyl (C=O) groups is 5. The topological polar surface area (TPSA) is 188 Å². The largest absolute Gasteiger partial charge is 0.508 e. The third kappa shape index (κ3) is 9.72. The molecule has 364 valence electrons. The number of likely N-dealkylation sites (tertiary alicyclic amines) is 1. The van der Waals surface area contributed by atoms with Crippen LogP contribution in [-0.4, -0.2) is 130 Å². The number of nitrogens with zero attached hydrogens (tertiary/aromatic N) is 5. The van der Waals surface area contributed by atoms with Gasteiger partial charge in [0.05, 0.1) is 36.6 Å². The highest BCUT2D eigenvalue weighted by atomic mass is 16.6. The third-order valence-corrected chi connectivity index (χ3v) is 14.2. The van der Waals surface area contributed by atoms with E-state index < -0.39 is 52.8 Å². The van der Waals surface area contributed by atoms with Crippen LogP contribution >= 0.6 is 0 Å². The van der Waals surface area contributed by atoms with Crippen molar-refractivity contribution in [3.8, 4) is 28.1 Å². The molecule has 6 heterocycles. The summed E-state index contributed by atoms with van der Waals surface area (Å²) in [7, 11) is 3.26. The second kappa shape index (κ2) is 19.3. The number of hydrogen-bond donors (Lipinski definition) is 3. The highest BCUT2D eigenvalue weighted by molar-refractivity contribution is 5.96. The Bertz CT molecular complexity index is 2600. The molecule has 4 aliphatic heterocycles. The average Bonchev–Trinajstić information content (AvgIpc) is 3.75. The molecular weight excluding hydrogens is 867 g/mol. The summed E-state index contributed by atoms with van der Waals surface area (Å²) in [6, 6.07) is 12.5. The lowest BCUT2D eigenvalue weighted by Gasteiger charge is -2.37. The molecule has 16 nitrogen and oxygen atoms in total. The Kier molecular flexibility index (Phi) is 13.8. The van der Waals surface area contributed by atoms with Crippen LogP contribution in [0, 0.1) is 17.3 Å². The van der Waals surface area contributed by atoms with Crippen LogP contribution in [0.2, 0.25) is 0 Å². The Morgan fingerprint density at radius 2 is 1.79 bits per heavy atom. The van der Waals surface area contributed by atoms with E-state index in [1.54, 1.807) is 44.3 Å². The zero-order valence-electron chi connectivity index (χ0n) is 40.9. The minimum absolute atomic E-state index is 0.0121. The Hall–Kier alpha value is -5.84. The number of aromatic nitrogens is 2. The van der Waals surface area contributed by atoms with Gasteiger partial charge in [-0.25, -0.2) is 5.43 Å². The molecule has 2 aromatic heterocycles. The lowest BCUT2D eigenvalue weighted by atomic mass is 9.84. The number of rotatable bonds is 10. The lowest BCUT2D eigenvalue weighted by Crippen LogP contribution is -2.62. The van der Waals surface area contributed by atoms with Crippen LogP contribution in [0.4, 0.5) is 0 Å². The number of nitrogens with one attached hydrogen (secondary N) is 2. The highest BCUT2D eigenvalue weighted by Gasteiger charge is 2.51. The standard InChI is InChI=1S/C52H67N7O9/c1-10-58-42-16-15-33-25-38(42)39(45(58)37-13-11-18-53-43(37)31(4)66-9)26-51(5,6)28-67-49(64)40-14-12-19-59(55-40)48(63)41(23-32-21-35(33)24-36(60)22-32)54-46(61)44(30(2)3)56(8)47(62)34-17-20-57(27-34)50(65)52(7)29-68-52/h11,13,15-16,18,21-22,24-25,30-31,34,40-41,44,55,60H,10,12,14,17,19-20,23,26-29H2,1-9H3,(H,54,61)/t31-,34-,40-,41-,44-,52?/m0/s1. The van der Waals surface area contributed by atoms with Gasteiger partial charge >= 0.3 is 5.97 Å². The number of fused-ring (bicyclic) bond motifs is 6. The number of benzene rings is 2. The van der Waals surface area contributed by atoms with Crippen LogP contribution in [-0.2, 0) is 57.6 Å². The van der Waals surface area contributed by atoms with Crippen molar-refractivity contribution in [2.75, 3.05) is 47.0 Å². The number of phenols is 1. The van der Waals surface area contributed by atoms with Crippen LogP contribution in [0.5, 0.6) is 5.75 Å². The number of methoxy groups -OCH3 is 1. The zero-order chi connectivity index (χ0) is 48.8. The number of hydrogen-bond acceptors (Lipinski definition) is 11. The molecule has 68 heavy (non-hydrogen) atoms. The van der Waals surface area contributed by atoms with Crippen molar-refractivity contribution in [3.05, 3.63) is 71.5 Å². The average molecular weight is 934 g/mol. The number of carbonyl (C=O) groups excluding carboxylic acids is 5. The SMILES string of the molecule is CCn1c(-c2cccnc2[C@H](C)OC)c2c3cc(ccc31)-c1cc(O)cc(c1)C[C@H](NC(=O)[C@H](C(C)C)N(C)C(=O)[C@H]1CCN(C(=O)C3(C)CO3)C1)C(=O)N1CCC[C@H](N1)C(=O)OCC(C)(C)C2. The van der Waals surface area contributed by atoms with Crippen molar-refractivity contribution in [2.24, 2.45) is 17.3 Å². The van der Waals surface area contributed by atoms with E-state index in [-0.39, 0.29) is 55.7 Å². The molecule has 4 amide bonds. The summed E-state index contributed by atoms with van der Waals surface area (Å²) < 4.78 is 19.6. The van der Waals surface area contributed by atoms with Crippen molar-refractivity contribution in [2.45, 2.75) is 117 Å². The first kappa shape index (κ1) is 48.6. The summed E-state index contributed by atoms with van der Waals surface area (Å²) >= 11 is 0. The lowest BCUT2D eigenvalue weighted by molar-refractivity contribution is -0.155. The molecular formula is C52H67N7O9. The molecule has 3 fully saturated rings. The normalized spacial score (nSPS) is 23.8.